The number of aryl methyl sites for hydroxylation is 2. The summed E-state index contributed by atoms with van der Waals surface area (Å²) in [5.74, 6) is -0.936. The number of aromatic nitrogens is 2. The van der Waals surface area contributed by atoms with Gasteiger partial charge in [0.15, 0.2) is 0 Å². The molecule has 0 aliphatic carbocycles. The van der Waals surface area contributed by atoms with E-state index in [-0.39, 0.29) is 41.3 Å². The van der Waals surface area contributed by atoms with Crippen molar-refractivity contribution in [1.29, 1.82) is 0 Å². The molecule has 15 nitrogen and oxygen atoms in total. The summed E-state index contributed by atoms with van der Waals surface area (Å²) in [7, 11) is 0. The van der Waals surface area contributed by atoms with Crippen molar-refractivity contribution in [1.82, 2.24) is 20.0 Å². The number of fused-ring (bicyclic) bond motifs is 3. The van der Waals surface area contributed by atoms with Crippen molar-refractivity contribution in [2.75, 3.05) is 28.6 Å². The van der Waals surface area contributed by atoms with Crippen LogP contribution in [0.15, 0.2) is 91.0 Å². The van der Waals surface area contributed by atoms with E-state index in [1.807, 2.05) is 79.7 Å². The zero-order valence-electron chi connectivity index (χ0n) is 32.3. The number of nitrogens with zero attached hydrogens (tertiary/aromatic N) is 4. The number of benzene rings is 4. The van der Waals surface area contributed by atoms with Crippen molar-refractivity contribution < 1.29 is 33.5 Å². The molecule has 0 bridgehead atoms. The number of carbonyl (C=O) groups is 6. The van der Waals surface area contributed by atoms with Crippen LogP contribution in [-0.4, -0.2) is 69.8 Å². The summed E-state index contributed by atoms with van der Waals surface area (Å²) in [4.78, 5) is 79.5. The average molecular weight is 795 g/mol. The third-order valence-corrected chi connectivity index (χ3v) is 11.0. The number of primary amides is 1. The molecule has 15 heteroatoms. The first-order valence-corrected chi connectivity index (χ1v) is 19.6. The van der Waals surface area contributed by atoms with Crippen LogP contribution < -0.4 is 31.3 Å². The standard InChI is InChI=1S/C44H42N8O7/c1-2-6-36(42(56)46-25-53)52-43(57)33-15-12-30(24-34(33)44(52)58)50-20-17-27(18-21-50)41(55)47-29-11-16-35-28(23-29)19-22-51-40(48-35)37(39(45)54)38(49-51)26-9-13-32(14-10-26)59-31-7-4-3-5-8-31/h3-5,7-16,23-25,27,36,48H,2,6,17-22H2,1H3,(H2,45,54)(H,47,55)(H,46,53,56). The van der Waals surface area contributed by atoms with E-state index >= 15 is 0 Å². The molecule has 1 aromatic heterocycles. The van der Waals surface area contributed by atoms with Crippen LogP contribution in [0.3, 0.4) is 0 Å². The van der Waals surface area contributed by atoms with Crippen molar-refractivity contribution >= 4 is 58.8 Å². The number of imide groups is 2. The van der Waals surface area contributed by atoms with Gasteiger partial charge in [0, 0.05) is 48.2 Å². The summed E-state index contributed by atoms with van der Waals surface area (Å²) in [5, 5.41) is 13.3. The van der Waals surface area contributed by atoms with E-state index in [1.165, 1.54) is 0 Å². The Balaban J connectivity index is 0.901. The second-order valence-corrected chi connectivity index (χ2v) is 14.7. The molecule has 1 saturated heterocycles. The van der Waals surface area contributed by atoms with Gasteiger partial charge in [-0.2, -0.15) is 5.10 Å². The van der Waals surface area contributed by atoms with Gasteiger partial charge < -0.3 is 26.0 Å². The van der Waals surface area contributed by atoms with Crippen LogP contribution in [0.2, 0.25) is 0 Å². The summed E-state index contributed by atoms with van der Waals surface area (Å²) < 4.78 is 7.67. The molecule has 300 valence electrons. The van der Waals surface area contributed by atoms with Crippen LogP contribution in [0.1, 0.15) is 69.2 Å². The predicted molar refractivity (Wildman–Crippen MR) is 220 cm³/mol. The second kappa shape index (κ2) is 16.3. The van der Waals surface area contributed by atoms with Gasteiger partial charge in [0.1, 0.15) is 34.6 Å². The van der Waals surface area contributed by atoms with E-state index in [9.17, 15) is 28.8 Å². The number of nitrogens with one attached hydrogen (secondary N) is 3. The number of rotatable bonds is 12. The van der Waals surface area contributed by atoms with Gasteiger partial charge in [-0.05, 0) is 104 Å². The van der Waals surface area contributed by atoms with Gasteiger partial charge >= 0.3 is 0 Å². The van der Waals surface area contributed by atoms with E-state index in [0.717, 1.165) is 27.4 Å². The Kier molecular flexibility index (Phi) is 10.7. The Bertz CT molecular complexity index is 2470. The first kappa shape index (κ1) is 38.6. The highest BCUT2D eigenvalue weighted by molar-refractivity contribution is 6.23. The maximum atomic E-state index is 13.5. The van der Waals surface area contributed by atoms with E-state index in [0.29, 0.717) is 74.0 Å². The summed E-state index contributed by atoms with van der Waals surface area (Å²) >= 11 is 0. The van der Waals surface area contributed by atoms with E-state index < -0.39 is 29.7 Å². The second-order valence-electron chi connectivity index (χ2n) is 14.7. The van der Waals surface area contributed by atoms with Crippen molar-refractivity contribution in [3.8, 4) is 22.8 Å². The molecule has 3 aliphatic heterocycles. The molecule has 5 aromatic rings. The van der Waals surface area contributed by atoms with Crippen LogP contribution >= 0.6 is 0 Å². The van der Waals surface area contributed by atoms with E-state index in [1.54, 1.807) is 22.9 Å². The Morgan fingerprint density at radius 3 is 2.36 bits per heavy atom. The topological polar surface area (TPSA) is 198 Å². The molecule has 3 aliphatic rings. The molecule has 0 radical (unpaired) electrons. The largest absolute Gasteiger partial charge is 0.457 e. The Hall–Kier alpha value is -7.29. The highest BCUT2D eigenvalue weighted by Crippen LogP contribution is 2.37. The third-order valence-electron chi connectivity index (χ3n) is 11.0. The zero-order valence-corrected chi connectivity index (χ0v) is 32.3. The Morgan fingerprint density at radius 1 is 0.915 bits per heavy atom. The molecule has 0 saturated carbocycles. The SMILES string of the molecule is CCCC(C(=O)NC=O)N1C(=O)c2ccc(N3CCC(C(=O)Nc4ccc5c(c4)CCn4nc(-c6ccc(Oc7ccccc7)cc6)c(C(N)=O)c4N5)CC3)cc2C1=O. The Morgan fingerprint density at radius 2 is 1.64 bits per heavy atom. The van der Waals surface area contributed by atoms with Crippen LogP contribution in [0, 0.1) is 5.92 Å². The third kappa shape index (κ3) is 7.61. The number of anilines is 4. The molecule has 6 amide bonds. The number of hydrogen-bond donors (Lipinski definition) is 4. The van der Waals surface area contributed by atoms with Gasteiger partial charge in [0.05, 0.1) is 11.1 Å². The minimum atomic E-state index is -1.09. The molecule has 59 heavy (non-hydrogen) atoms. The minimum Gasteiger partial charge on any atom is -0.457 e. The van der Waals surface area contributed by atoms with Crippen molar-refractivity contribution in [2.24, 2.45) is 11.7 Å². The van der Waals surface area contributed by atoms with Gasteiger partial charge in [-0.3, -0.25) is 39.0 Å². The summed E-state index contributed by atoms with van der Waals surface area (Å²) in [6.07, 6.45) is 2.72. The minimum absolute atomic E-state index is 0.0964. The van der Waals surface area contributed by atoms with Gasteiger partial charge in [-0.15, -0.1) is 0 Å². The zero-order chi connectivity index (χ0) is 41.2. The van der Waals surface area contributed by atoms with Crippen molar-refractivity contribution in [3.05, 3.63) is 113 Å². The van der Waals surface area contributed by atoms with Crippen LogP contribution in [0.25, 0.3) is 11.3 Å². The van der Waals surface area contributed by atoms with Gasteiger partial charge in [-0.1, -0.05) is 31.5 Å². The van der Waals surface area contributed by atoms with Gasteiger partial charge in [0.25, 0.3) is 17.7 Å². The molecule has 4 aromatic carbocycles. The molecular formula is C44H42N8O7. The number of carbonyl (C=O) groups excluding carboxylic acids is 6. The number of para-hydroxylation sites is 1. The lowest BCUT2D eigenvalue weighted by Crippen LogP contribution is -2.49. The van der Waals surface area contributed by atoms with Crippen LogP contribution in [0.5, 0.6) is 11.5 Å². The van der Waals surface area contributed by atoms with Crippen LogP contribution in [-0.2, 0) is 27.3 Å². The van der Waals surface area contributed by atoms with E-state index in [2.05, 4.69) is 20.9 Å². The number of ether oxygens (including phenoxy) is 1. The first-order chi connectivity index (χ1) is 28.6. The summed E-state index contributed by atoms with van der Waals surface area (Å²) in [5.41, 5.74) is 10.9. The molecule has 8 rings (SSSR count). The maximum absolute atomic E-state index is 13.5. The fourth-order valence-corrected chi connectivity index (χ4v) is 8.02. The van der Waals surface area contributed by atoms with Gasteiger partial charge in [-0.25, -0.2) is 4.68 Å². The molecule has 5 N–H and O–H groups in total. The number of amides is 6. The first-order valence-electron chi connectivity index (χ1n) is 19.6. The quantitative estimate of drug-likeness (QED) is 0.0907. The lowest BCUT2D eigenvalue weighted by atomic mass is 9.95. The summed E-state index contributed by atoms with van der Waals surface area (Å²) in [6.45, 7) is 3.40. The number of nitrogens with two attached hydrogens (primary N) is 1. The normalized spacial score (nSPS) is 15.3. The average Bonchev–Trinajstić information content (AvgIpc) is 3.66. The number of piperidine rings is 1. The van der Waals surface area contributed by atoms with E-state index in [4.69, 9.17) is 15.6 Å². The summed E-state index contributed by atoms with van der Waals surface area (Å²) in [6, 6.07) is 26.4. The lowest BCUT2D eigenvalue weighted by Gasteiger charge is -2.33. The van der Waals surface area contributed by atoms with Crippen molar-refractivity contribution in [2.45, 2.75) is 51.6 Å². The smallest absolute Gasteiger partial charge is 0.262 e. The van der Waals surface area contributed by atoms with Crippen LogP contribution in [0.4, 0.5) is 22.9 Å². The highest BCUT2D eigenvalue weighted by Gasteiger charge is 2.43. The highest BCUT2D eigenvalue weighted by atomic mass is 16.5. The molecular weight excluding hydrogens is 753 g/mol. The molecule has 1 unspecified atom stereocenters. The fraction of sp³-hybridized carbons (Fsp3) is 0.250. The molecule has 1 fully saturated rings. The lowest BCUT2D eigenvalue weighted by molar-refractivity contribution is -0.128. The van der Waals surface area contributed by atoms with Gasteiger partial charge in [0.2, 0.25) is 18.2 Å². The molecule has 1 atom stereocenters. The molecule has 0 spiro atoms. The predicted octanol–water partition coefficient (Wildman–Crippen LogP) is 5.63. The van der Waals surface area contributed by atoms with Crippen molar-refractivity contribution in [3.63, 3.8) is 0 Å². The number of hydrogen-bond acceptors (Lipinski definition) is 10. The fourth-order valence-electron chi connectivity index (χ4n) is 8.02. The monoisotopic (exact) mass is 794 g/mol. The Labute approximate surface area is 339 Å². The maximum Gasteiger partial charge on any atom is 0.262 e. The molecule has 4 heterocycles.